The lowest BCUT2D eigenvalue weighted by molar-refractivity contribution is 0.274. The molecule has 1 heterocycles. The Morgan fingerprint density at radius 2 is 2.35 bits per heavy atom. The minimum Gasteiger partial charge on any atom is -0.387 e. The van der Waals surface area contributed by atoms with Gasteiger partial charge in [0.05, 0.1) is 12.0 Å². The predicted molar refractivity (Wildman–Crippen MR) is 70.1 cm³/mol. The van der Waals surface area contributed by atoms with Crippen molar-refractivity contribution in [3.63, 3.8) is 0 Å². The van der Waals surface area contributed by atoms with Crippen LogP contribution in [0.25, 0.3) is 0 Å². The lowest BCUT2D eigenvalue weighted by atomic mass is 10.1. The van der Waals surface area contributed by atoms with Crippen molar-refractivity contribution >= 4 is 5.84 Å². The van der Waals surface area contributed by atoms with Crippen LogP contribution in [-0.2, 0) is 13.5 Å². The van der Waals surface area contributed by atoms with E-state index in [9.17, 15) is 0 Å². The van der Waals surface area contributed by atoms with E-state index in [1.54, 1.807) is 0 Å². The van der Waals surface area contributed by atoms with Gasteiger partial charge >= 0.3 is 0 Å². The van der Waals surface area contributed by atoms with Gasteiger partial charge in [0, 0.05) is 32.3 Å². The fraction of sp³-hybridized carbons (Fsp3) is 0.667. The minimum atomic E-state index is 0.129. The van der Waals surface area contributed by atoms with Crippen molar-refractivity contribution in [3.05, 3.63) is 18.0 Å². The van der Waals surface area contributed by atoms with Crippen LogP contribution >= 0.6 is 0 Å². The van der Waals surface area contributed by atoms with Gasteiger partial charge in [0.1, 0.15) is 0 Å². The second kappa shape index (κ2) is 6.39. The minimum absolute atomic E-state index is 0.129. The molecule has 0 saturated carbocycles. The molecule has 0 bridgehead atoms. The smallest absolute Gasteiger partial charge is 0.0947 e. The van der Waals surface area contributed by atoms with Crippen LogP contribution < -0.4 is 5.73 Å². The zero-order valence-corrected chi connectivity index (χ0v) is 11.0. The maximum absolute atomic E-state index is 7.41. The van der Waals surface area contributed by atoms with Crippen molar-refractivity contribution in [2.45, 2.75) is 20.3 Å². The van der Waals surface area contributed by atoms with E-state index in [1.807, 2.05) is 31.0 Å². The van der Waals surface area contributed by atoms with Crippen molar-refractivity contribution < 1.29 is 0 Å². The van der Waals surface area contributed by atoms with E-state index in [0.717, 1.165) is 26.1 Å². The van der Waals surface area contributed by atoms with Gasteiger partial charge in [-0.25, -0.2) is 0 Å². The lowest BCUT2D eigenvalue weighted by Gasteiger charge is -2.23. The number of nitrogens with one attached hydrogen (secondary N) is 1. The zero-order valence-electron chi connectivity index (χ0n) is 11.0. The number of nitrogens with two attached hydrogens (primary N) is 1. The van der Waals surface area contributed by atoms with E-state index in [4.69, 9.17) is 11.1 Å². The Labute approximate surface area is 103 Å². The van der Waals surface area contributed by atoms with Gasteiger partial charge in [-0.15, -0.1) is 0 Å². The van der Waals surface area contributed by atoms with Crippen LogP contribution in [0.4, 0.5) is 0 Å². The van der Waals surface area contributed by atoms with E-state index in [2.05, 4.69) is 16.9 Å². The number of nitrogens with zero attached hydrogens (tertiary/aromatic N) is 3. The molecular formula is C12H23N5. The van der Waals surface area contributed by atoms with Crippen LogP contribution in [0, 0.1) is 11.3 Å². The molecule has 0 spiro atoms. The third-order valence-corrected chi connectivity index (χ3v) is 2.99. The zero-order chi connectivity index (χ0) is 12.8. The number of aryl methyl sites for hydroxylation is 1. The number of hydrogen-bond acceptors (Lipinski definition) is 3. The van der Waals surface area contributed by atoms with Crippen molar-refractivity contribution in [1.82, 2.24) is 14.7 Å². The summed E-state index contributed by atoms with van der Waals surface area (Å²) in [7, 11) is 1.93. The summed E-state index contributed by atoms with van der Waals surface area (Å²) in [4.78, 5) is 2.32. The number of rotatable bonds is 7. The molecule has 0 aliphatic heterocycles. The summed E-state index contributed by atoms with van der Waals surface area (Å²) in [6.07, 6.45) is 4.94. The Morgan fingerprint density at radius 1 is 1.65 bits per heavy atom. The quantitative estimate of drug-likeness (QED) is 0.546. The largest absolute Gasteiger partial charge is 0.387 e. The Balaban J connectivity index is 2.39. The Kier molecular flexibility index (Phi) is 5.15. The molecular weight excluding hydrogens is 214 g/mol. The first-order chi connectivity index (χ1) is 8.02. The molecule has 0 amide bonds. The Bertz CT molecular complexity index is 358. The second-order valence-electron chi connectivity index (χ2n) is 4.52. The molecule has 3 N–H and O–H groups in total. The predicted octanol–water partition coefficient (Wildman–Crippen LogP) is 0.857. The van der Waals surface area contributed by atoms with Crippen molar-refractivity contribution in [2.24, 2.45) is 18.7 Å². The molecule has 1 unspecified atom stereocenters. The molecule has 0 radical (unpaired) electrons. The molecule has 96 valence electrons. The average molecular weight is 237 g/mol. The molecule has 1 rings (SSSR count). The normalized spacial score (nSPS) is 12.9. The van der Waals surface area contributed by atoms with E-state index in [-0.39, 0.29) is 11.8 Å². The molecule has 0 aliphatic carbocycles. The Morgan fingerprint density at radius 3 is 2.82 bits per heavy atom. The molecule has 5 nitrogen and oxygen atoms in total. The van der Waals surface area contributed by atoms with Crippen LogP contribution in [0.2, 0.25) is 0 Å². The summed E-state index contributed by atoms with van der Waals surface area (Å²) < 4.78 is 1.82. The summed E-state index contributed by atoms with van der Waals surface area (Å²) in [5.41, 5.74) is 6.74. The van der Waals surface area contributed by atoms with Crippen LogP contribution in [0.3, 0.4) is 0 Å². The van der Waals surface area contributed by atoms with E-state index in [0.29, 0.717) is 0 Å². The van der Waals surface area contributed by atoms with Crippen molar-refractivity contribution in [2.75, 3.05) is 19.6 Å². The summed E-state index contributed by atoms with van der Waals surface area (Å²) in [5, 5.41) is 11.6. The first-order valence-corrected chi connectivity index (χ1v) is 6.06. The Hall–Kier alpha value is -1.36. The van der Waals surface area contributed by atoms with Gasteiger partial charge in [-0.3, -0.25) is 10.1 Å². The molecule has 5 heteroatoms. The summed E-state index contributed by atoms with van der Waals surface area (Å²) in [5.74, 6) is 0.397. The van der Waals surface area contributed by atoms with E-state index < -0.39 is 0 Å². The SMILES string of the molecule is CCN(CCc1cnn(C)c1)CC(C)C(=N)N. The monoisotopic (exact) mass is 237 g/mol. The standard InChI is InChI=1S/C12H23N5/c1-4-17(8-10(2)12(13)14)6-5-11-7-15-16(3)9-11/h7,9-10H,4-6,8H2,1-3H3,(H3,13,14). The van der Waals surface area contributed by atoms with Gasteiger partial charge < -0.3 is 10.6 Å². The fourth-order valence-electron chi connectivity index (χ4n) is 1.75. The van der Waals surface area contributed by atoms with Gasteiger partial charge in [0.25, 0.3) is 0 Å². The number of likely N-dealkylation sites (N-methyl/N-ethyl adjacent to an activating group) is 1. The maximum Gasteiger partial charge on any atom is 0.0947 e. The van der Waals surface area contributed by atoms with Crippen molar-refractivity contribution in [1.29, 1.82) is 5.41 Å². The molecule has 0 aliphatic rings. The second-order valence-corrected chi connectivity index (χ2v) is 4.52. The van der Waals surface area contributed by atoms with Gasteiger partial charge in [0.15, 0.2) is 0 Å². The highest BCUT2D eigenvalue weighted by Gasteiger charge is 2.11. The highest BCUT2D eigenvalue weighted by molar-refractivity contribution is 5.79. The highest BCUT2D eigenvalue weighted by atomic mass is 15.2. The van der Waals surface area contributed by atoms with E-state index >= 15 is 0 Å². The molecule has 0 saturated heterocycles. The molecule has 1 atom stereocenters. The molecule has 1 aromatic heterocycles. The number of amidine groups is 1. The molecule has 1 aromatic rings. The number of hydrogen-bond donors (Lipinski definition) is 2. The van der Waals surface area contributed by atoms with Crippen LogP contribution in [0.15, 0.2) is 12.4 Å². The van der Waals surface area contributed by atoms with Gasteiger partial charge in [0.2, 0.25) is 0 Å². The first-order valence-electron chi connectivity index (χ1n) is 6.06. The summed E-state index contributed by atoms with van der Waals surface area (Å²) in [6.45, 7) is 6.95. The molecule has 0 fully saturated rings. The molecule has 0 aromatic carbocycles. The van der Waals surface area contributed by atoms with Crippen LogP contribution in [0.5, 0.6) is 0 Å². The first kappa shape index (κ1) is 13.7. The van der Waals surface area contributed by atoms with Crippen molar-refractivity contribution in [3.8, 4) is 0 Å². The third-order valence-electron chi connectivity index (χ3n) is 2.99. The average Bonchev–Trinajstić information content (AvgIpc) is 2.69. The topological polar surface area (TPSA) is 70.9 Å². The summed E-state index contributed by atoms with van der Waals surface area (Å²) >= 11 is 0. The van der Waals surface area contributed by atoms with Gasteiger partial charge in [-0.2, -0.15) is 5.10 Å². The highest BCUT2D eigenvalue weighted by Crippen LogP contribution is 2.03. The van der Waals surface area contributed by atoms with Gasteiger partial charge in [-0.05, 0) is 18.5 Å². The number of aromatic nitrogens is 2. The molecule has 17 heavy (non-hydrogen) atoms. The van der Waals surface area contributed by atoms with E-state index in [1.165, 1.54) is 5.56 Å². The van der Waals surface area contributed by atoms with Gasteiger partial charge in [-0.1, -0.05) is 13.8 Å². The fourth-order valence-corrected chi connectivity index (χ4v) is 1.75. The third kappa shape index (κ3) is 4.56. The lowest BCUT2D eigenvalue weighted by Crippen LogP contribution is -2.35. The maximum atomic E-state index is 7.41. The van der Waals surface area contributed by atoms with Crippen LogP contribution in [0.1, 0.15) is 19.4 Å². The summed E-state index contributed by atoms with van der Waals surface area (Å²) in [6, 6.07) is 0. The van der Waals surface area contributed by atoms with Crippen LogP contribution in [-0.4, -0.2) is 40.2 Å².